The van der Waals surface area contributed by atoms with Crippen molar-refractivity contribution >= 4 is 22.4 Å². The fourth-order valence-corrected chi connectivity index (χ4v) is 2.40. The summed E-state index contributed by atoms with van der Waals surface area (Å²) in [6, 6.07) is 0. The van der Waals surface area contributed by atoms with Crippen LogP contribution in [0.1, 0.15) is 24.8 Å². The van der Waals surface area contributed by atoms with Crippen molar-refractivity contribution < 1.29 is 14.3 Å². The predicted octanol–water partition coefficient (Wildman–Crippen LogP) is 1.23. The average Bonchev–Trinajstić information content (AvgIpc) is 3.00. The maximum absolute atomic E-state index is 11.8. The number of hydrogen-bond donors (Lipinski definition) is 1. The molecule has 2 heterocycles. The highest BCUT2D eigenvalue weighted by Gasteiger charge is 2.24. The van der Waals surface area contributed by atoms with E-state index in [0.717, 1.165) is 24.3 Å². The summed E-state index contributed by atoms with van der Waals surface area (Å²) in [4.78, 5) is 11.8. The number of carbonyl (C=O) groups excluding carboxylic acids is 1. The third kappa shape index (κ3) is 3.72. The van der Waals surface area contributed by atoms with E-state index >= 15 is 0 Å². The largest absolute Gasteiger partial charge is 0.381 e. The first-order chi connectivity index (χ1) is 8.79. The molecular formula is C11H17N3O3S. The van der Waals surface area contributed by atoms with Gasteiger partial charge in [-0.1, -0.05) is 11.3 Å². The second-order valence-electron chi connectivity index (χ2n) is 3.94. The van der Waals surface area contributed by atoms with Crippen molar-refractivity contribution in [2.75, 3.05) is 25.1 Å². The van der Waals surface area contributed by atoms with Gasteiger partial charge in [0, 0.05) is 19.6 Å². The fraction of sp³-hybridized carbons (Fsp3) is 0.727. The van der Waals surface area contributed by atoms with E-state index in [-0.39, 0.29) is 12.0 Å². The number of rotatable bonds is 6. The van der Waals surface area contributed by atoms with Crippen LogP contribution in [0.5, 0.6) is 0 Å². The zero-order chi connectivity index (χ0) is 12.8. The zero-order valence-corrected chi connectivity index (χ0v) is 11.2. The van der Waals surface area contributed by atoms with Crippen LogP contribution >= 0.6 is 11.3 Å². The van der Waals surface area contributed by atoms with E-state index < -0.39 is 0 Å². The molecular weight excluding hydrogens is 254 g/mol. The highest BCUT2D eigenvalue weighted by molar-refractivity contribution is 7.15. The molecule has 0 radical (unpaired) electrons. The molecule has 0 aromatic carbocycles. The van der Waals surface area contributed by atoms with Gasteiger partial charge in [-0.3, -0.25) is 10.1 Å². The number of nitrogens with one attached hydrogen (secondary N) is 1. The topological polar surface area (TPSA) is 73.3 Å². The van der Waals surface area contributed by atoms with Crippen molar-refractivity contribution in [1.82, 2.24) is 10.2 Å². The number of anilines is 1. The van der Waals surface area contributed by atoms with Gasteiger partial charge in [0.25, 0.3) is 5.91 Å². The van der Waals surface area contributed by atoms with Crippen molar-refractivity contribution in [3.8, 4) is 0 Å². The second-order valence-corrected chi connectivity index (χ2v) is 5.00. The first-order valence-corrected chi connectivity index (χ1v) is 6.94. The van der Waals surface area contributed by atoms with Crippen LogP contribution in [0.3, 0.4) is 0 Å². The molecule has 0 bridgehead atoms. The van der Waals surface area contributed by atoms with Gasteiger partial charge in [0.05, 0.1) is 6.61 Å². The predicted molar refractivity (Wildman–Crippen MR) is 67.7 cm³/mol. The third-order valence-electron chi connectivity index (χ3n) is 2.58. The number of amides is 1. The van der Waals surface area contributed by atoms with Crippen molar-refractivity contribution in [1.29, 1.82) is 0 Å². The number of carbonyl (C=O) groups is 1. The molecule has 18 heavy (non-hydrogen) atoms. The third-order valence-corrected chi connectivity index (χ3v) is 3.48. The smallest absolute Gasteiger partial charge is 0.255 e. The van der Waals surface area contributed by atoms with Gasteiger partial charge in [-0.2, -0.15) is 0 Å². The normalized spacial score (nSPS) is 19.1. The van der Waals surface area contributed by atoms with Crippen LogP contribution in [0.4, 0.5) is 5.13 Å². The average molecular weight is 271 g/mol. The van der Waals surface area contributed by atoms with Gasteiger partial charge in [0.2, 0.25) is 5.13 Å². The minimum Gasteiger partial charge on any atom is -0.381 e. The Kier molecular flexibility index (Phi) is 5.03. The summed E-state index contributed by atoms with van der Waals surface area (Å²) >= 11 is 1.38. The second kappa shape index (κ2) is 6.77. The Balaban J connectivity index is 1.80. The molecule has 1 aliphatic rings. The Hall–Kier alpha value is -1.05. The minimum atomic E-state index is -0.333. The molecule has 1 aromatic rings. The Morgan fingerprint density at radius 2 is 2.50 bits per heavy atom. The van der Waals surface area contributed by atoms with Crippen molar-refractivity contribution in [2.24, 2.45) is 0 Å². The molecule has 1 unspecified atom stereocenters. The lowest BCUT2D eigenvalue weighted by Gasteiger charge is -2.06. The monoisotopic (exact) mass is 271 g/mol. The van der Waals surface area contributed by atoms with Gasteiger partial charge in [0.15, 0.2) is 0 Å². The molecule has 1 fully saturated rings. The first-order valence-electron chi connectivity index (χ1n) is 6.12. The molecule has 0 aliphatic carbocycles. The zero-order valence-electron chi connectivity index (χ0n) is 10.3. The van der Waals surface area contributed by atoms with Gasteiger partial charge < -0.3 is 9.47 Å². The Morgan fingerprint density at radius 3 is 3.22 bits per heavy atom. The van der Waals surface area contributed by atoms with Crippen LogP contribution in [0.2, 0.25) is 0 Å². The van der Waals surface area contributed by atoms with Crippen LogP contribution in [0.15, 0.2) is 0 Å². The molecule has 1 aliphatic heterocycles. The molecule has 0 saturated carbocycles. The van der Waals surface area contributed by atoms with Crippen LogP contribution < -0.4 is 5.32 Å². The first kappa shape index (κ1) is 13.4. The highest BCUT2D eigenvalue weighted by Crippen LogP contribution is 2.18. The molecule has 1 saturated heterocycles. The Morgan fingerprint density at radius 1 is 1.61 bits per heavy atom. The maximum Gasteiger partial charge on any atom is 0.255 e. The molecule has 1 atom stereocenters. The van der Waals surface area contributed by atoms with E-state index in [1.807, 2.05) is 6.92 Å². The molecule has 1 amide bonds. The lowest BCUT2D eigenvalue weighted by atomic mass is 10.2. The lowest BCUT2D eigenvalue weighted by Crippen LogP contribution is -2.26. The van der Waals surface area contributed by atoms with E-state index in [1.54, 1.807) is 0 Å². The number of aromatic nitrogens is 2. The number of ether oxygens (including phenoxy) is 2. The minimum absolute atomic E-state index is 0.125. The van der Waals surface area contributed by atoms with E-state index in [0.29, 0.717) is 25.0 Å². The molecule has 6 nitrogen and oxygen atoms in total. The van der Waals surface area contributed by atoms with Crippen molar-refractivity contribution in [2.45, 2.75) is 32.3 Å². The molecule has 7 heteroatoms. The van der Waals surface area contributed by atoms with E-state index in [4.69, 9.17) is 9.47 Å². The van der Waals surface area contributed by atoms with Crippen molar-refractivity contribution in [3.05, 3.63) is 5.01 Å². The van der Waals surface area contributed by atoms with E-state index in [2.05, 4.69) is 15.5 Å². The Labute approximate surface area is 110 Å². The SMILES string of the molecule is CCOCCc1nnc(NC(=O)C2CCCO2)s1. The van der Waals surface area contributed by atoms with Crippen LogP contribution in [0, 0.1) is 0 Å². The van der Waals surface area contributed by atoms with Gasteiger partial charge >= 0.3 is 0 Å². The summed E-state index contributed by atoms with van der Waals surface area (Å²) in [6.07, 6.45) is 2.11. The maximum atomic E-state index is 11.8. The summed E-state index contributed by atoms with van der Waals surface area (Å²) in [5, 5.41) is 12.1. The molecule has 100 valence electrons. The quantitative estimate of drug-likeness (QED) is 0.788. The van der Waals surface area contributed by atoms with Gasteiger partial charge in [-0.25, -0.2) is 0 Å². The number of nitrogens with zero attached hydrogens (tertiary/aromatic N) is 2. The summed E-state index contributed by atoms with van der Waals surface area (Å²) in [7, 11) is 0. The number of hydrogen-bond acceptors (Lipinski definition) is 6. The lowest BCUT2D eigenvalue weighted by molar-refractivity contribution is -0.124. The highest BCUT2D eigenvalue weighted by atomic mass is 32.1. The van der Waals surface area contributed by atoms with Gasteiger partial charge in [0.1, 0.15) is 11.1 Å². The fourth-order valence-electron chi connectivity index (χ4n) is 1.68. The van der Waals surface area contributed by atoms with Crippen LogP contribution in [-0.4, -0.2) is 42.0 Å². The van der Waals surface area contributed by atoms with E-state index in [9.17, 15) is 4.79 Å². The Bertz CT molecular complexity index is 391. The van der Waals surface area contributed by atoms with E-state index in [1.165, 1.54) is 11.3 Å². The molecule has 1 N–H and O–H groups in total. The summed E-state index contributed by atoms with van der Waals surface area (Å²) in [5.74, 6) is -0.125. The summed E-state index contributed by atoms with van der Waals surface area (Å²) in [5.41, 5.74) is 0. The summed E-state index contributed by atoms with van der Waals surface area (Å²) < 4.78 is 10.5. The van der Waals surface area contributed by atoms with Crippen LogP contribution in [0.25, 0.3) is 0 Å². The summed E-state index contributed by atoms with van der Waals surface area (Å²) in [6.45, 7) is 3.94. The molecule has 0 spiro atoms. The van der Waals surface area contributed by atoms with Gasteiger partial charge in [-0.05, 0) is 19.8 Å². The molecule has 2 rings (SSSR count). The standard InChI is InChI=1S/C11H17N3O3S/c1-2-16-7-5-9-13-14-11(18-9)12-10(15)8-4-3-6-17-8/h8H,2-7H2,1H3,(H,12,14,15). The van der Waals surface area contributed by atoms with Crippen LogP contribution in [-0.2, 0) is 20.7 Å². The van der Waals surface area contributed by atoms with Gasteiger partial charge in [-0.15, -0.1) is 10.2 Å². The van der Waals surface area contributed by atoms with Crippen molar-refractivity contribution in [3.63, 3.8) is 0 Å². The molecule has 1 aromatic heterocycles.